The van der Waals surface area contributed by atoms with Crippen LogP contribution < -0.4 is 10.6 Å². The van der Waals surface area contributed by atoms with E-state index in [0.29, 0.717) is 12.1 Å². The molecular formula is C32H33N5O5. The number of hydrogen-bond donors (Lipinski definition) is 3. The van der Waals surface area contributed by atoms with Crippen LogP contribution in [0.2, 0.25) is 0 Å². The van der Waals surface area contributed by atoms with Crippen LogP contribution in [0.15, 0.2) is 85.1 Å². The smallest absolute Gasteiger partial charge is 0.407 e. The van der Waals surface area contributed by atoms with Crippen LogP contribution in [0.4, 0.5) is 4.79 Å². The van der Waals surface area contributed by atoms with Crippen molar-refractivity contribution in [3.05, 3.63) is 113 Å². The van der Waals surface area contributed by atoms with Crippen molar-refractivity contribution in [3.63, 3.8) is 0 Å². The van der Waals surface area contributed by atoms with Gasteiger partial charge in [0.05, 0.1) is 6.20 Å². The van der Waals surface area contributed by atoms with Crippen molar-refractivity contribution in [2.45, 2.75) is 25.0 Å². The molecule has 42 heavy (non-hydrogen) atoms. The maximum Gasteiger partial charge on any atom is 0.407 e. The number of amides is 2. The van der Waals surface area contributed by atoms with Gasteiger partial charge in [-0.1, -0.05) is 78.9 Å². The number of hydrogen-bond acceptors (Lipinski definition) is 6. The van der Waals surface area contributed by atoms with E-state index in [0.717, 1.165) is 27.8 Å². The molecule has 1 heterocycles. The van der Waals surface area contributed by atoms with E-state index in [4.69, 9.17) is 4.74 Å². The first-order valence-electron chi connectivity index (χ1n) is 13.7. The molecule has 0 fully saturated rings. The normalized spacial score (nSPS) is 12.8. The number of aromatic carboxylic acids is 1. The van der Waals surface area contributed by atoms with Crippen LogP contribution in [0.3, 0.4) is 0 Å². The first kappa shape index (κ1) is 28.6. The Balaban J connectivity index is 1.27. The van der Waals surface area contributed by atoms with Gasteiger partial charge < -0.3 is 20.5 Å². The second-order valence-corrected chi connectivity index (χ2v) is 10.4. The number of carboxylic acids is 1. The molecule has 1 aromatic heterocycles. The average molecular weight is 568 g/mol. The zero-order valence-corrected chi connectivity index (χ0v) is 23.5. The second-order valence-electron chi connectivity index (χ2n) is 10.4. The van der Waals surface area contributed by atoms with Crippen molar-refractivity contribution in [2.24, 2.45) is 7.05 Å². The molecule has 0 saturated carbocycles. The number of carbonyl (C=O) groups is 3. The van der Waals surface area contributed by atoms with Crippen LogP contribution in [0.5, 0.6) is 0 Å². The molecule has 5 rings (SSSR count). The van der Waals surface area contributed by atoms with E-state index in [9.17, 15) is 19.5 Å². The van der Waals surface area contributed by atoms with Crippen molar-refractivity contribution in [1.82, 2.24) is 25.3 Å². The molecule has 1 unspecified atom stereocenters. The molecule has 0 spiro atoms. The third-order valence-electron chi connectivity index (χ3n) is 7.41. The van der Waals surface area contributed by atoms with E-state index in [2.05, 4.69) is 27.9 Å². The lowest BCUT2D eigenvalue weighted by molar-refractivity contribution is -0.123. The van der Waals surface area contributed by atoms with Gasteiger partial charge in [-0.05, 0) is 34.9 Å². The summed E-state index contributed by atoms with van der Waals surface area (Å²) in [5.41, 5.74) is 5.83. The van der Waals surface area contributed by atoms with Gasteiger partial charge in [0.15, 0.2) is 5.69 Å². The predicted molar refractivity (Wildman–Crippen MR) is 157 cm³/mol. The Hall–Kier alpha value is -4.96. The van der Waals surface area contributed by atoms with Gasteiger partial charge in [0, 0.05) is 38.2 Å². The Morgan fingerprint density at radius 1 is 0.976 bits per heavy atom. The fourth-order valence-electron chi connectivity index (χ4n) is 5.44. The van der Waals surface area contributed by atoms with Crippen LogP contribution >= 0.6 is 0 Å². The molecule has 0 bridgehead atoms. The second kappa shape index (κ2) is 12.7. The Kier molecular flexibility index (Phi) is 8.63. The third-order valence-corrected chi connectivity index (χ3v) is 7.41. The zero-order chi connectivity index (χ0) is 29.6. The Morgan fingerprint density at radius 3 is 2.24 bits per heavy atom. The minimum absolute atomic E-state index is 0.0162. The van der Waals surface area contributed by atoms with Crippen LogP contribution in [-0.4, -0.2) is 64.0 Å². The molecule has 1 aliphatic rings. The molecule has 0 aliphatic heterocycles. The van der Waals surface area contributed by atoms with Gasteiger partial charge in [-0.2, -0.15) is 5.10 Å². The number of nitrogens with zero attached hydrogens (tertiary/aromatic N) is 3. The van der Waals surface area contributed by atoms with Crippen LogP contribution in [0, 0.1) is 0 Å². The molecule has 1 atom stereocenters. The minimum Gasteiger partial charge on any atom is -0.477 e. The van der Waals surface area contributed by atoms with E-state index in [1.807, 2.05) is 78.7 Å². The maximum atomic E-state index is 13.3. The number of fused-ring (bicyclic) bond motifs is 3. The largest absolute Gasteiger partial charge is 0.477 e. The van der Waals surface area contributed by atoms with Crippen molar-refractivity contribution < 1.29 is 24.2 Å². The predicted octanol–water partition coefficient (Wildman–Crippen LogP) is 3.77. The number of ether oxygens (including phenoxy) is 1. The highest BCUT2D eigenvalue weighted by Crippen LogP contribution is 2.44. The van der Waals surface area contributed by atoms with Crippen LogP contribution in [0.1, 0.15) is 38.7 Å². The van der Waals surface area contributed by atoms with Gasteiger partial charge in [-0.3, -0.25) is 14.4 Å². The summed E-state index contributed by atoms with van der Waals surface area (Å²) in [5, 5.41) is 19.0. The van der Waals surface area contributed by atoms with Gasteiger partial charge in [0.1, 0.15) is 12.6 Å². The summed E-state index contributed by atoms with van der Waals surface area (Å²) in [6.07, 6.45) is 0.692. The summed E-state index contributed by atoms with van der Waals surface area (Å²) in [4.78, 5) is 40.0. The quantitative estimate of drug-likeness (QED) is 0.252. The molecular weight excluding hydrogens is 534 g/mol. The zero-order valence-electron chi connectivity index (χ0n) is 23.5. The molecule has 0 radical (unpaired) electrons. The number of benzene rings is 3. The number of nitrogens with one attached hydrogen (secondary N) is 2. The standard InChI is InChI=1S/C32H33N5O5/c1-36(18-21-10-4-3-5-11-21)19-28(30(38)33-16-22-17-34-37(2)29(22)31(39)40)35-32(41)42-20-27-25-14-8-6-12-23(25)24-13-7-9-15-26(24)27/h3-15,17,27-28H,16,18-20H2,1-2H3,(H,33,38)(H,35,41)(H,39,40). The molecule has 2 amide bonds. The summed E-state index contributed by atoms with van der Waals surface area (Å²) in [6, 6.07) is 25.0. The van der Waals surface area contributed by atoms with Gasteiger partial charge in [-0.25, -0.2) is 9.59 Å². The topological polar surface area (TPSA) is 126 Å². The summed E-state index contributed by atoms with van der Waals surface area (Å²) >= 11 is 0. The lowest BCUT2D eigenvalue weighted by atomic mass is 9.98. The lowest BCUT2D eigenvalue weighted by Gasteiger charge is -2.25. The highest BCUT2D eigenvalue weighted by molar-refractivity contribution is 5.88. The number of rotatable bonds is 11. The molecule has 3 N–H and O–H groups in total. The van der Waals surface area contributed by atoms with Crippen molar-refractivity contribution >= 4 is 18.0 Å². The Labute approximate surface area is 243 Å². The van der Waals surface area contributed by atoms with Gasteiger partial charge in [-0.15, -0.1) is 0 Å². The van der Waals surface area contributed by atoms with E-state index >= 15 is 0 Å². The number of carboxylic acid groups (broad SMARTS) is 1. The summed E-state index contributed by atoms with van der Waals surface area (Å²) in [5.74, 6) is -1.73. The molecule has 1 aliphatic carbocycles. The third kappa shape index (κ3) is 6.34. The maximum absolute atomic E-state index is 13.3. The number of likely N-dealkylation sites (N-methyl/N-ethyl adjacent to an activating group) is 1. The average Bonchev–Trinajstić information content (AvgIpc) is 3.52. The highest BCUT2D eigenvalue weighted by atomic mass is 16.5. The summed E-state index contributed by atoms with van der Waals surface area (Å²) in [6.45, 7) is 0.817. The Morgan fingerprint density at radius 2 is 1.60 bits per heavy atom. The Bertz CT molecular complexity index is 1540. The SMILES string of the molecule is CN(Cc1ccccc1)CC(NC(=O)OCC1c2ccccc2-c2ccccc21)C(=O)NCc1cnn(C)c1C(=O)O. The van der Waals surface area contributed by atoms with E-state index in [1.165, 1.54) is 17.9 Å². The number of alkyl carbamates (subject to hydrolysis) is 1. The summed E-state index contributed by atoms with van der Waals surface area (Å²) in [7, 11) is 3.38. The fourth-order valence-corrected chi connectivity index (χ4v) is 5.44. The number of aromatic nitrogens is 2. The van der Waals surface area contributed by atoms with Crippen molar-refractivity contribution in [3.8, 4) is 11.1 Å². The fraction of sp³-hybridized carbons (Fsp3) is 0.250. The monoisotopic (exact) mass is 567 g/mol. The first-order chi connectivity index (χ1) is 20.3. The van der Waals surface area contributed by atoms with Gasteiger partial charge in [0.25, 0.3) is 0 Å². The van der Waals surface area contributed by atoms with E-state index in [1.54, 1.807) is 0 Å². The van der Waals surface area contributed by atoms with Crippen LogP contribution in [0.25, 0.3) is 11.1 Å². The van der Waals surface area contributed by atoms with Gasteiger partial charge >= 0.3 is 12.1 Å². The number of carbonyl (C=O) groups excluding carboxylic acids is 2. The van der Waals surface area contributed by atoms with Crippen molar-refractivity contribution in [1.29, 1.82) is 0 Å². The van der Waals surface area contributed by atoms with Crippen molar-refractivity contribution in [2.75, 3.05) is 20.2 Å². The first-order valence-corrected chi connectivity index (χ1v) is 13.7. The molecule has 10 heteroatoms. The molecule has 216 valence electrons. The molecule has 4 aromatic rings. The highest BCUT2D eigenvalue weighted by Gasteiger charge is 2.30. The summed E-state index contributed by atoms with van der Waals surface area (Å²) < 4.78 is 6.94. The van der Waals surface area contributed by atoms with Gasteiger partial charge in [0.2, 0.25) is 5.91 Å². The number of aryl methyl sites for hydroxylation is 1. The molecule has 10 nitrogen and oxygen atoms in total. The van der Waals surface area contributed by atoms with E-state index in [-0.39, 0.29) is 31.3 Å². The molecule has 0 saturated heterocycles. The van der Waals surface area contributed by atoms with E-state index < -0.39 is 24.0 Å². The lowest BCUT2D eigenvalue weighted by Crippen LogP contribution is -2.52. The minimum atomic E-state index is -1.14. The molecule has 3 aromatic carbocycles. The van der Waals surface area contributed by atoms with Crippen LogP contribution in [-0.2, 0) is 29.7 Å².